The summed E-state index contributed by atoms with van der Waals surface area (Å²) >= 11 is 3.13. The van der Waals surface area contributed by atoms with Gasteiger partial charge >= 0.3 is 0 Å². The average Bonchev–Trinajstić information content (AvgIpc) is 2.60. The third-order valence-electron chi connectivity index (χ3n) is 3.35. The van der Waals surface area contributed by atoms with Crippen LogP contribution in [0.5, 0.6) is 0 Å². The van der Waals surface area contributed by atoms with Gasteiger partial charge in [0.2, 0.25) is 0 Å². The lowest BCUT2D eigenvalue weighted by molar-refractivity contribution is 0.617. The van der Waals surface area contributed by atoms with E-state index in [4.69, 9.17) is 0 Å². The van der Waals surface area contributed by atoms with Crippen LogP contribution in [0, 0.1) is 5.82 Å². The van der Waals surface area contributed by atoms with Crippen molar-refractivity contribution in [1.29, 1.82) is 0 Å². The molecule has 0 aliphatic heterocycles. The Balaban J connectivity index is 2.97. The summed E-state index contributed by atoms with van der Waals surface area (Å²) in [4.78, 5) is 1.16. The lowest BCUT2D eigenvalue weighted by Gasteiger charge is -2.07. The molecule has 0 fully saturated rings. The van der Waals surface area contributed by atoms with Gasteiger partial charge in [-0.15, -0.1) is 16.9 Å². The molecule has 0 aliphatic rings. The number of thioether (sulfide) groups is 2. The summed E-state index contributed by atoms with van der Waals surface area (Å²) in [6, 6.07) is 6.83. The lowest BCUT2D eigenvalue weighted by atomic mass is 10.2. The molecule has 0 unspecified atom stereocenters. The minimum Gasteiger partial charge on any atom is -0.207 e. The average molecular weight is 391 g/mol. The Hall–Kier alpha value is -1.59. The van der Waals surface area contributed by atoms with Gasteiger partial charge < -0.3 is 0 Å². The van der Waals surface area contributed by atoms with Crippen molar-refractivity contribution < 1.29 is 4.39 Å². The molecule has 0 bridgehead atoms. The van der Waals surface area contributed by atoms with E-state index in [1.165, 1.54) is 17.8 Å². The fraction of sp³-hybridized carbons (Fsp3) is 0.333. The molecule has 0 radical (unpaired) electrons. The number of rotatable bonds is 8. The second-order valence-corrected chi connectivity index (χ2v) is 8.07. The first-order valence-corrected chi connectivity index (χ1v) is 10.3. The van der Waals surface area contributed by atoms with Crippen molar-refractivity contribution in [3.63, 3.8) is 0 Å². The van der Waals surface area contributed by atoms with Crippen molar-refractivity contribution >= 4 is 34.3 Å². The number of hydrogen-bond acceptors (Lipinski definition) is 4. The molecule has 0 amide bonds. The maximum Gasteiger partial charge on any atom is 0.127 e. The van der Waals surface area contributed by atoms with Gasteiger partial charge in [0, 0.05) is 11.5 Å². The second-order valence-electron chi connectivity index (χ2n) is 5.99. The van der Waals surface area contributed by atoms with Gasteiger partial charge in [-0.05, 0) is 61.6 Å². The molecule has 1 aromatic carbocycles. The van der Waals surface area contributed by atoms with E-state index in [1.54, 1.807) is 23.9 Å². The number of allylic oxidation sites excluding steroid dienone is 3. The Kier molecular flexibility index (Phi) is 10.3. The van der Waals surface area contributed by atoms with Crippen LogP contribution >= 0.6 is 23.5 Å². The van der Waals surface area contributed by atoms with Crippen LogP contribution < -0.4 is 0 Å². The topological polar surface area (TPSA) is 24.7 Å². The molecule has 2 nitrogen and oxygen atoms in total. The summed E-state index contributed by atoms with van der Waals surface area (Å²) in [5.74, 6) is 0.326. The van der Waals surface area contributed by atoms with Gasteiger partial charge in [-0.3, -0.25) is 0 Å². The zero-order chi connectivity index (χ0) is 19.5. The van der Waals surface area contributed by atoms with Crippen LogP contribution in [0.3, 0.4) is 0 Å². The minimum atomic E-state index is -0.191. The third kappa shape index (κ3) is 8.68. The summed E-state index contributed by atoms with van der Waals surface area (Å²) in [5.41, 5.74) is 3.67. The number of hydrogen-bond donors (Lipinski definition) is 0. The first-order chi connectivity index (χ1) is 12.3. The van der Waals surface area contributed by atoms with E-state index < -0.39 is 0 Å². The highest BCUT2D eigenvalue weighted by atomic mass is 32.2. The summed E-state index contributed by atoms with van der Waals surface area (Å²) in [6.45, 7) is 13.9. The van der Waals surface area contributed by atoms with Gasteiger partial charge in [0.05, 0.1) is 0 Å². The third-order valence-corrected chi connectivity index (χ3v) is 5.45. The highest BCUT2D eigenvalue weighted by molar-refractivity contribution is 8.14. The summed E-state index contributed by atoms with van der Waals surface area (Å²) in [5, 5.41) is 11.5. The van der Waals surface area contributed by atoms with Crippen molar-refractivity contribution in [2.75, 3.05) is 0 Å². The minimum absolute atomic E-state index is 0.191. The van der Waals surface area contributed by atoms with Gasteiger partial charge in [-0.25, -0.2) is 4.39 Å². The van der Waals surface area contributed by atoms with Crippen LogP contribution in [-0.4, -0.2) is 10.8 Å². The zero-order valence-electron chi connectivity index (χ0n) is 16.2. The van der Waals surface area contributed by atoms with Crippen LogP contribution in [0.15, 0.2) is 68.6 Å². The number of benzene rings is 1. The fourth-order valence-corrected chi connectivity index (χ4v) is 3.53. The molecule has 0 aliphatic carbocycles. The van der Waals surface area contributed by atoms with Crippen molar-refractivity contribution in [3.8, 4) is 0 Å². The van der Waals surface area contributed by atoms with Gasteiger partial charge in [0.15, 0.2) is 0 Å². The van der Waals surface area contributed by atoms with E-state index in [0.29, 0.717) is 11.3 Å². The Morgan fingerprint density at radius 2 is 1.85 bits per heavy atom. The second kappa shape index (κ2) is 11.9. The van der Waals surface area contributed by atoms with Crippen LogP contribution in [-0.2, 0) is 5.75 Å². The maximum absolute atomic E-state index is 13.9. The molecule has 0 atom stereocenters. The molecular formula is C21H27FN2S2. The first-order valence-electron chi connectivity index (χ1n) is 8.48. The van der Waals surface area contributed by atoms with E-state index in [1.807, 2.05) is 46.8 Å². The molecule has 0 spiro atoms. The molecule has 0 saturated carbocycles. The predicted octanol–water partition coefficient (Wildman–Crippen LogP) is 7.36. The molecule has 5 heteroatoms. The molecule has 0 aromatic heterocycles. The Bertz CT molecular complexity index is 746. The summed E-state index contributed by atoms with van der Waals surface area (Å²) in [7, 11) is 0. The highest BCUT2D eigenvalue weighted by Crippen LogP contribution is 2.25. The standard InChI is InChI=1S/C21H27FN2S2/c1-7-17(5)23-24-21(16(4)13-25-18(6)12-15(2)3)26-14-19-10-8-9-11-20(19)22/h8-13H,2,7,14H2,1,3-6H3/b16-13+,18-12-,23-17+,24-21+. The molecule has 140 valence electrons. The molecule has 26 heavy (non-hydrogen) atoms. The van der Waals surface area contributed by atoms with Crippen molar-refractivity contribution in [2.24, 2.45) is 10.2 Å². The largest absolute Gasteiger partial charge is 0.207 e. The van der Waals surface area contributed by atoms with Gasteiger partial charge in [0.1, 0.15) is 10.9 Å². The van der Waals surface area contributed by atoms with Crippen molar-refractivity contribution in [3.05, 3.63) is 69.8 Å². The molecule has 0 saturated heterocycles. The van der Waals surface area contributed by atoms with Crippen molar-refractivity contribution in [1.82, 2.24) is 0 Å². The van der Waals surface area contributed by atoms with E-state index >= 15 is 0 Å². The Morgan fingerprint density at radius 1 is 1.15 bits per heavy atom. The lowest BCUT2D eigenvalue weighted by Crippen LogP contribution is -1.97. The number of halogens is 1. The highest BCUT2D eigenvalue weighted by Gasteiger charge is 2.08. The molecule has 0 N–H and O–H groups in total. The molecular weight excluding hydrogens is 363 g/mol. The van der Waals surface area contributed by atoms with Crippen LogP contribution in [0.4, 0.5) is 4.39 Å². The molecule has 1 rings (SSSR count). The zero-order valence-corrected chi connectivity index (χ0v) is 17.8. The van der Waals surface area contributed by atoms with Gasteiger partial charge in [-0.2, -0.15) is 5.10 Å². The molecule has 1 aromatic rings. The number of nitrogens with zero attached hydrogens (tertiary/aromatic N) is 2. The first kappa shape index (κ1) is 22.5. The van der Waals surface area contributed by atoms with E-state index in [2.05, 4.69) is 22.2 Å². The van der Waals surface area contributed by atoms with Crippen LogP contribution in [0.1, 0.15) is 46.6 Å². The molecule has 0 heterocycles. The summed E-state index contributed by atoms with van der Waals surface area (Å²) in [6.07, 6.45) is 2.89. The summed E-state index contributed by atoms with van der Waals surface area (Å²) < 4.78 is 13.9. The SMILES string of the molecule is C=C(C)/C=C(/C)S/C=C(C)/C(=N\N=C(/C)CC)SCc1ccccc1F. The normalized spacial score (nSPS) is 13.9. The van der Waals surface area contributed by atoms with Gasteiger partial charge in [-0.1, -0.05) is 55.1 Å². The van der Waals surface area contributed by atoms with Crippen molar-refractivity contribution in [2.45, 2.75) is 46.8 Å². The van der Waals surface area contributed by atoms with Gasteiger partial charge in [0.25, 0.3) is 0 Å². The van der Waals surface area contributed by atoms with E-state index in [9.17, 15) is 4.39 Å². The van der Waals surface area contributed by atoms with E-state index in [0.717, 1.165) is 33.2 Å². The van der Waals surface area contributed by atoms with Crippen LogP contribution in [0.2, 0.25) is 0 Å². The smallest absolute Gasteiger partial charge is 0.127 e. The van der Waals surface area contributed by atoms with Crippen LogP contribution in [0.25, 0.3) is 0 Å². The monoisotopic (exact) mass is 390 g/mol. The predicted molar refractivity (Wildman–Crippen MR) is 118 cm³/mol. The maximum atomic E-state index is 13.9. The Morgan fingerprint density at radius 3 is 2.46 bits per heavy atom. The fourth-order valence-electron chi connectivity index (χ4n) is 1.80. The Labute approximate surface area is 165 Å². The quantitative estimate of drug-likeness (QED) is 0.200. The van der Waals surface area contributed by atoms with E-state index in [-0.39, 0.29) is 5.82 Å².